The molecule has 4 heteroatoms. The van der Waals surface area contributed by atoms with Crippen molar-refractivity contribution < 1.29 is 8.42 Å². The minimum atomic E-state index is -3.09. The monoisotopic (exact) mass is 239 g/mol. The van der Waals surface area contributed by atoms with E-state index in [1.165, 1.54) is 0 Å². The quantitative estimate of drug-likeness (QED) is 0.808. The Bertz CT molecular complexity index is 444. The van der Waals surface area contributed by atoms with Crippen LogP contribution in [0.5, 0.6) is 0 Å². The maximum atomic E-state index is 12.0. The molecular weight excluding hydrogens is 222 g/mol. The van der Waals surface area contributed by atoms with Crippen LogP contribution in [0.3, 0.4) is 0 Å². The molecule has 0 N–H and O–H groups in total. The molecule has 2 rings (SSSR count). The third kappa shape index (κ3) is 2.62. The van der Waals surface area contributed by atoms with Crippen LogP contribution >= 0.6 is 0 Å². The lowest BCUT2D eigenvalue weighted by atomic mass is 10.2. The fourth-order valence-electron chi connectivity index (χ4n) is 1.95. The zero-order valence-electron chi connectivity index (χ0n) is 9.52. The second-order valence-corrected chi connectivity index (χ2v) is 6.32. The fraction of sp³-hybridized carbons (Fsp3) is 0.500. The number of sulfonamides is 1. The van der Waals surface area contributed by atoms with E-state index in [0.29, 0.717) is 13.1 Å². The first kappa shape index (κ1) is 11.6. The van der Waals surface area contributed by atoms with Crippen LogP contribution in [0, 0.1) is 6.92 Å². The van der Waals surface area contributed by atoms with Crippen LogP contribution < -0.4 is 0 Å². The molecule has 88 valence electrons. The van der Waals surface area contributed by atoms with Gasteiger partial charge in [-0.2, -0.15) is 0 Å². The topological polar surface area (TPSA) is 37.4 Å². The van der Waals surface area contributed by atoms with E-state index >= 15 is 0 Å². The molecule has 0 aromatic heterocycles. The van der Waals surface area contributed by atoms with E-state index in [1.54, 1.807) is 4.31 Å². The normalized spacial score (nSPS) is 17.8. The van der Waals surface area contributed by atoms with Crippen molar-refractivity contribution in [2.45, 2.75) is 25.5 Å². The molecule has 0 saturated carbocycles. The maximum Gasteiger partial charge on any atom is 0.218 e. The molecule has 1 saturated heterocycles. The highest BCUT2D eigenvalue weighted by molar-refractivity contribution is 7.88. The molecule has 0 unspecified atom stereocenters. The van der Waals surface area contributed by atoms with E-state index in [1.807, 2.05) is 31.2 Å². The molecular formula is C12H17NO2S. The maximum absolute atomic E-state index is 12.0. The first-order chi connectivity index (χ1) is 7.58. The summed E-state index contributed by atoms with van der Waals surface area (Å²) < 4.78 is 25.6. The van der Waals surface area contributed by atoms with Crippen LogP contribution in [0.2, 0.25) is 0 Å². The molecule has 0 spiro atoms. The lowest BCUT2D eigenvalue weighted by Crippen LogP contribution is -2.29. The van der Waals surface area contributed by atoms with Crippen LogP contribution in [-0.2, 0) is 15.8 Å². The third-order valence-corrected chi connectivity index (χ3v) is 4.78. The molecule has 0 radical (unpaired) electrons. The van der Waals surface area contributed by atoms with E-state index in [4.69, 9.17) is 0 Å². The zero-order chi connectivity index (χ0) is 11.6. The van der Waals surface area contributed by atoms with Crippen LogP contribution in [0.15, 0.2) is 24.3 Å². The summed E-state index contributed by atoms with van der Waals surface area (Å²) >= 11 is 0. The summed E-state index contributed by atoms with van der Waals surface area (Å²) in [7, 11) is -3.09. The molecule has 0 aliphatic carbocycles. The molecule has 1 fully saturated rings. The van der Waals surface area contributed by atoms with Crippen LogP contribution in [0.25, 0.3) is 0 Å². The fourth-order valence-corrected chi connectivity index (χ4v) is 3.56. The first-order valence-electron chi connectivity index (χ1n) is 5.61. The average molecular weight is 239 g/mol. The molecule has 0 atom stereocenters. The van der Waals surface area contributed by atoms with Gasteiger partial charge in [0.25, 0.3) is 0 Å². The van der Waals surface area contributed by atoms with Gasteiger partial charge in [0.15, 0.2) is 0 Å². The van der Waals surface area contributed by atoms with Crippen molar-refractivity contribution >= 4 is 10.0 Å². The molecule has 1 aliphatic rings. The Morgan fingerprint density at radius 3 is 2.25 bits per heavy atom. The molecule has 1 aliphatic heterocycles. The largest absolute Gasteiger partial charge is 0.218 e. The molecule has 1 aromatic rings. The number of aryl methyl sites for hydroxylation is 1. The Morgan fingerprint density at radius 2 is 1.69 bits per heavy atom. The standard InChI is InChI=1S/C12H17NO2S/c1-11-4-6-12(7-5-11)10-16(14,15)13-8-2-3-9-13/h4-7H,2-3,8-10H2,1H3. The highest BCUT2D eigenvalue weighted by atomic mass is 32.2. The summed E-state index contributed by atoms with van der Waals surface area (Å²) in [5.74, 6) is 0.132. The lowest BCUT2D eigenvalue weighted by Gasteiger charge is -2.15. The van der Waals surface area contributed by atoms with E-state index in [-0.39, 0.29) is 5.75 Å². The van der Waals surface area contributed by atoms with Crippen molar-refractivity contribution in [3.05, 3.63) is 35.4 Å². The molecule has 1 heterocycles. The SMILES string of the molecule is Cc1ccc(CS(=O)(=O)N2CCCC2)cc1. The van der Waals surface area contributed by atoms with Gasteiger partial charge in [-0.25, -0.2) is 12.7 Å². The Balaban J connectivity index is 2.11. The lowest BCUT2D eigenvalue weighted by molar-refractivity contribution is 0.476. The number of hydrogen-bond donors (Lipinski definition) is 0. The highest BCUT2D eigenvalue weighted by Crippen LogP contribution is 2.17. The van der Waals surface area contributed by atoms with Gasteiger partial charge in [-0.05, 0) is 25.3 Å². The van der Waals surface area contributed by atoms with Crippen LogP contribution in [0.4, 0.5) is 0 Å². The molecule has 16 heavy (non-hydrogen) atoms. The van der Waals surface area contributed by atoms with E-state index in [2.05, 4.69) is 0 Å². The number of nitrogens with zero attached hydrogens (tertiary/aromatic N) is 1. The van der Waals surface area contributed by atoms with Crippen molar-refractivity contribution in [3.63, 3.8) is 0 Å². The van der Waals surface area contributed by atoms with E-state index in [0.717, 1.165) is 24.0 Å². The van der Waals surface area contributed by atoms with Gasteiger partial charge >= 0.3 is 0 Å². The van der Waals surface area contributed by atoms with Crippen molar-refractivity contribution in [1.82, 2.24) is 4.31 Å². The minimum absolute atomic E-state index is 0.132. The predicted molar refractivity (Wildman–Crippen MR) is 64.6 cm³/mol. The smallest absolute Gasteiger partial charge is 0.212 e. The van der Waals surface area contributed by atoms with Crippen LogP contribution in [-0.4, -0.2) is 25.8 Å². The van der Waals surface area contributed by atoms with Crippen molar-refractivity contribution in [3.8, 4) is 0 Å². The summed E-state index contributed by atoms with van der Waals surface area (Å²) in [5, 5.41) is 0. The Kier molecular flexibility index (Phi) is 3.30. The second-order valence-electron chi connectivity index (χ2n) is 4.35. The van der Waals surface area contributed by atoms with Gasteiger partial charge in [0.1, 0.15) is 0 Å². The van der Waals surface area contributed by atoms with E-state index < -0.39 is 10.0 Å². The number of rotatable bonds is 3. The number of benzene rings is 1. The summed E-state index contributed by atoms with van der Waals surface area (Å²) in [6.07, 6.45) is 1.99. The summed E-state index contributed by atoms with van der Waals surface area (Å²) in [5.41, 5.74) is 2.03. The summed E-state index contributed by atoms with van der Waals surface area (Å²) in [6.45, 7) is 3.38. The predicted octanol–water partition coefficient (Wildman–Crippen LogP) is 1.92. The molecule has 1 aromatic carbocycles. The minimum Gasteiger partial charge on any atom is -0.212 e. The van der Waals surface area contributed by atoms with Gasteiger partial charge in [0, 0.05) is 13.1 Å². The summed E-state index contributed by atoms with van der Waals surface area (Å²) in [6, 6.07) is 7.69. The van der Waals surface area contributed by atoms with Gasteiger partial charge in [0.05, 0.1) is 5.75 Å². The Hall–Kier alpha value is -0.870. The summed E-state index contributed by atoms with van der Waals surface area (Å²) in [4.78, 5) is 0. The van der Waals surface area contributed by atoms with Gasteiger partial charge in [-0.15, -0.1) is 0 Å². The van der Waals surface area contributed by atoms with Crippen molar-refractivity contribution in [2.75, 3.05) is 13.1 Å². The first-order valence-corrected chi connectivity index (χ1v) is 7.22. The van der Waals surface area contributed by atoms with Gasteiger partial charge in [0.2, 0.25) is 10.0 Å². The van der Waals surface area contributed by atoms with Gasteiger partial charge in [-0.1, -0.05) is 29.8 Å². The van der Waals surface area contributed by atoms with Crippen molar-refractivity contribution in [2.24, 2.45) is 0 Å². The Labute approximate surface area is 97.1 Å². The van der Waals surface area contributed by atoms with Gasteiger partial charge in [-0.3, -0.25) is 0 Å². The molecule has 3 nitrogen and oxygen atoms in total. The Morgan fingerprint density at radius 1 is 1.12 bits per heavy atom. The molecule has 0 amide bonds. The van der Waals surface area contributed by atoms with Gasteiger partial charge < -0.3 is 0 Å². The average Bonchev–Trinajstić information content (AvgIpc) is 2.75. The van der Waals surface area contributed by atoms with E-state index in [9.17, 15) is 8.42 Å². The van der Waals surface area contributed by atoms with Crippen molar-refractivity contribution in [1.29, 1.82) is 0 Å². The third-order valence-electron chi connectivity index (χ3n) is 2.93. The number of hydrogen-bond acceptors (Lipinski definition) is 2. The van der Waals surface area contributed by atoms with Crippen LogP contribution in [0.1, 0.15) is 24.0 Å². The second kappa shape index (κ2) is 4.55. The highest BCUT2D eigenvalue weighted by Gasteiger charge is 2.25. The molecule has 0 bridgehead atoms. The zero-order valence-corrected chi connectivity index (χ0v) is 10.3.